The Labute approximate surface area is 112 Å². The first kappa shape index (κ1) is 13.6. The molecule has 0 saturated carbocycles. The maximum atomic E-state index is 10.9. The van der Waals surface area contributed by atoms with Crippen LogP contribution in [-0.4, -0.2) is 29.1 Å². The Bertz CT molecular complexity index is 423. The van der Waals surface area contributed by atoms with Gasteiger partial charge in [0.2, 0.25) is 0 Å². The van der Waals surface area contributed by atoms with Crippen LogP contribution in [0, 0.1) is 11.8 Å². The van der Waals surface area contributed by atoms with Crippen molar-refractivity contribution in [1.82, 2.24) is 4.90 Å². The minimum Gasteiger partial charge on any atom is -0.481 e. The molecule has 0 aliphatic carbocycles. The maximum Gasteiger partial charge on any atom is 0.306 e. The molecule has 1 aromatic heterocycles. The summed E-state index contributed by atoms with van der Waals surface area (Å²) in [6.07, 6.45) is 1.09. The summed E-state index contributed by atoms with van der Waals surface area (Å²) in [5, 5.41) is 8.98. The number of nitrogens with zero attached hydrogens (tertiary/aromatic N) is 1. The Morgan fingerprint density at radius 2 is 2.17 bits per heavy atom. The third-order valence-corrected chi connectivity index (χ3v) is 5.42. The highest BCUT2D eigenvalue weighted by atomic mass is 32.1. The van der Waals surface area contributed by atoms with Gasteiger partial charge in [-0.15, -0.1) is 11.3 Å². The predicted octanol–water partition coefficient (Wildman–Crippen LogP) is 3.02. The second kappa shape index (κ2) is 5.41. The molecule has 1 aliphatic heterocycles. The first-order valence-corrected chi connectivity index (χ1v) is 7.40. The normalized spacial score (nSPS) is 20.4. The number of aliphatic carboxylic acids is 1. The molecule has 1 fully saturated rings. The number of carboxylic acids is 1. The topological polar surface area (TPSA) is 40.5 Å². The molecule has 2 rings (SSSR count). The van der Waals surface area contributed by atoms with Gasteiger partial charge in [0.05, 0.1) is 5.92 Å². The molecule has 4 heteroatoms. The van der Waals surface area contributed by atoms with E-state index in [4.69, 9.17) is 5.11 Å². The Morgan fingerprint density at radius 1 is 1.50 bits per heavy atom. The van der Waals surface area contributed by atoms with E-state index >= 15 is 0 Å². The summed E-state index contributed by atoms with van der Waals surface area (Å²) in [5.41, 5.74) is 0. The average Bonchev–Trinajstić information content (AvgIpc) is 2.74. The molecule has 1 N–H and O–H groups in total. The van der Waals surface area contributed by atoms with Gasteiger partial charge in [-0.1, -0.05) is 13.8 Å². The zero-order chi connectivity index (χ0) is 13.3. The molecule has 0 bridgehead atoms. The van der Waals surface area contributed by atoms with Gasteiger partial charge in [-0.3, -0.25) is 9.69 Å². The third kappa shape index (κ3) is 2.59. The van der Waals surface area contributed by atoms with Crippen molar-refractivity contribution in [3.8, 4) is 0 Å². The molecule has 0 radical (unpaired) electrons. The second-order valence-corrected chi connectivity index (χ2v) is 6.37. The summed E-state index contributed by atoms with van der Waals surface area (Å²) in [5.74, 6) is -0.574. The highest BCUT2D eigenvalue weighted by Crippen LogP contribution is 2.35. The number of hydrogen-bond acceptors (Lipinski definition) is 3. The van der Waals surface area contributed by atoms with E-state index in [0.717, 1.165) is 19.5 Å². The molecule has 1 saturated heterocycles. The van der Waals surface area contributed by atoms with Gasteiger partial charge < -0.3 is 5.11 Å². The van der Waals surface area contributed by atoms with Gasteiger partial charge in [-0.05, 0) is 31.4 Å². The largest absolute Gasteiger partial charge is 0.481 e. The van der Waals surface area contributed by atoms with Crippen LogP contribution in [0.2, 0.25) is 0 Å². The number of carbonyl (C=O) groups is 1. The monoisotopic (exact) mass is 267 g/mol. The van der Waals surface area contributed by atoms with Crippen LogP contribution >= 0.6 is 11.3 Å². The summed E-state index contributed by atoms with van der Waals surface area (Å²) < 4.78 is 0. The van der Waals surface area contributed by atoms with Gasteiger partial charge in [0.25, 0.3) is 0 Å². The highest BCUT2D eigenvalue weighted by molar-refractivity contribution is 7.12. The Morgan fingerprint density at radius 3 is 2.67 bits per heavy atom. The van der Waals surface area contributed by atoms with E-state index in [1.54, 1.807) is 0 Å². The van der Waals surface area contributed by atoms with Crippen molar-refractivity contribution in [2.24, 2.45) is 11.8 Å². The summed E-state index contributed by atoms with van der Waals surface area (Å²) >= 11 is 1.88. The summed E-state index contributed by atoms with van der Waals surface area (Å²) in [7, 11) is 0. The smallest absolute Gasteiger partial charge is 0.306 e. The van der Waals surface area contributed by atoms with Gasteiger partial charge in [0, 0.05) is 28.9 Å². The zero-order valence-electron chi connectivity index (χ0n) is 11.2. The van der Waals surface area contributed by atoms with Crippen molar-refractivity contribution in [2.45, 2.75) is 33.2 Å². The van der Waals surface area contributed by atoms with Crippen LogP contribution in [0.1, 0.15) is 36.6 Å². The van der Waals surface area contributed by atoms with Crippen molar-refractivity contribution < 1.29 is 9.90 Å². The van der Waals surface area contributed by atoms with Crippen LogP contribution in [0.15, 0.2) is 12.1 Å². The average molecular weight is 267 g/mol. The molecule has 2 heterocycles. The summed E-state index contributed by atoms with van der Waals surface area (Å²) in [6.45, 7) is 8.03. The van der Waals surface area contributed by atoms with E-state index in [2.05, 4.69) is 30.9 Å². The Balaban J connectivity index is 1.90. The number of thiophene rings is 1. The molecule has 3 nitrogen and oxygen atoms in total. The standard InChI is InChI=1S/C14H21NO2S/c1-4-12-5-6-13(18-12)10(3)15-7-11(8-15)9(2)14(16)17/h5-6,9-11H,4,7-8H2,1-3H3,(H,16,17). The molecule has 0 aromatic carbocycles. The lowest BCUT2D eigenvalue weighted by molar-refractivity contribution is -0.145. The molecular formula is C14H21NO2S. The van der Waals surface area contributed by atoms with Crippen LogP contribution in [-0.2, 0) is 11.2 Å². The molecular weight excluding hydrogens is 246 g/mol. The van der Waals surface area contributed by atoms with Crippen LogP contribution in [0.5, 0.6) is 0 Å². The fraction of sp³-hybridized carbons (Fsp3) is 0.643. The van der Waals surface area contributed by atoms with Crippen LogP contribution in [0.4, 0.5) is 0 Å². The molecule has 2 atom stereocenters. The minimum absolute atomic E-state index is 0.219. The van der Waals surface area contributed by atoms with Crippen molar-refractivity contribution in [3.05, 3.63) is 21.9 Å². The summed E-state index contributed by atoms with van der Waals surface area (Å²) in [6, 6.07) is 4.84. The van der Waals surface area contributed by atoms with Crippen LogP contribution in [0.25, 0.3) is 0 Å². The van der Waals surface area contributed by atoms with Gasteiger partial charge in [0.1, 0.15) is 0 Å². The van der Waals surface area contributed by atoms with Gasteiger partial charge in [0.15, 0.2) is 0 Å². The summed E-state index contributed by atoms with van der Waals surface area (Å²) in [4.78, 5) is 16.1. The zero-order valence-corrected chi connectivity index (χ0v) is 12.0. The van der Waals surface area contributed by atoms with Crippen molar-refractivity contribution in [2.75, 3.05) is 13.1 Å². The molecule has 1 aromatic rings. The number of hydrogen-bond donors (Lipinski definition) is 1. The Hall–Kier alpha value is -0.870. The maximum absolute atomic E-state index is 10.9. The van der Waals surface area contributed by atoms with E-state index in [-0.39, 0.29) is 5.92 Å². The fourth-order valence-electron chi connectivity index (χ4n) is 2.37. The van der Waals surface area contributed by atoms with E-state index < -0.39 is 5.97 Å². The van der Waals surface area contributed by atoms with Crippen molar-refractivity contribution in [1.29, 1.82) is 0 Å². The lowest BCUT2D eigenvalue weighted by Crippen LogP contribution is -2.51. The van der Waals surface area contributed by atoms with Gasteiger partial charge in [-0.2, -0.15) is 0 Å². The van der Waals surface area contributed by atoms with Crippen LogP contribution < -0.4 is 0 Å². The SMILES string of the molecule is CCc1ccc(C(C)N2CC(C(C)C(=O)O)C2)s1. The van der Waals surface area contributed by atoms with Gasteiger partial charge in [-0.25, -0.2) is 0 Å². The van der Waals surface area contributed by atoms with E-state index in [1.165, 1.54) is 9.75 Å². The van der Waals surface area contributed by atoms with E-state index in [9.17, 15) is 4.79 Å². The minimum atomic E-state index is -0.670. The fourth-order valence-corrected chi connectivity index (χ4v) is 3.41. The van der Waals surface area contributed by atoms with E-state index in [0.29, 0.717) is 12.0 Å². The molecule has 0 spiro atoms. The lowest BCUT2D eigenvalue weighted by atomic mass is 9.86. The first-order chi connectivity index (χ1) is 8.52. The predicted molar refractivity (Wildman–Crippen MR) is 74.0 cm³/mol. The second-order valence-electron chi connectivity index (χ2n) is 5.17. The number of likely N-dealkylation sites (tertiary alicyclic amines) is 1. The third-order valence-electron chi connectivity index (χ3n) is 4.03. The van der Waals surface area contributed by atoms with Gasteiger partial charge >= 0.3 is 5.97 Å². The number of carboxylic acid groups (broad SMARTS) is 1. The molecule has 0 amide bonds. The van der Waals surface area contributed by atoms with Crippen LogP contribution in [0.3, 0.4) is 0 Å². The van der Waals surface area contributed by atoms with E-state index in [1.807, 2.05) is 18.3 Å². The van der Waals surface area contributed by atoms with Crippen molar-refractivity contribution >= 4 is 17.3 Å². The first-order valence-electron chi connectivity index (χ1n) is 6.58. The molecule has 100 valence electrons. The lowest BCUT2D eigenvalue weighted by Gasteiger charge is -2.44. The molecule has 2 unspecified atom stereocenters. The highest BCUT2D eigenvalue weighted by Gasteiger charge is 2.37. The molecule has 1 aliphatic rings. The molecule has 18 heavy (non-hydrogen) atoms. The number of rotatable bonds is 5. The quantitative estimate of drug-likeness (QED) is 0.891. The Kier molecular flexibility index (Phi) is 4.07. The number of aryl methyl sites for hydroxylation is 1. The van der Waals surface area contributed by atoms with Crippen molar-refractivity contribution in [3.63, 3.8) is 0 Å².